The minimum atomic E-state index is -0.207. The molecule has 1 aliphatic heterocycles. The van der Waals surface area contributed by atoms with E-state index in [2.05, 4.69) is 11.8 Å². The first-order valence-corrected chi connectivity index (χ1v) is 6.92. The van der Waals surface area contributed by atoms with Gasteiger partial charge in [-0.05, 0) is 37.0 Å². The molecule has 0 bridgehead atoms. The van der Waals surface area contributed by atoms with Crippen molar-refractivity contribution >= 4 is 5.69 Å². The zero-order valence-electron chi connectivity index (χ0n) is 11.0. The maximum Gasteiger partial charge on any atom is 0.146 e. The number of aliphatic hydroxyl groups excluding tert-OH is 1. The molecule has 1 unspecified atom stereocenters. The molecule has 0 amide bonds. The van der Waals surface area contributed by atoms with Crippen molar-refractivity contribution in [1.82, 2.24) is 0 Å². The Morgan fingerprint density at radius 3 is 2.83 bits per heavy atom. The summed E-state index contributed by atoms with van der Waals surface area (Å²) in [6.07, 6.45) is 5.82. The topological polar surface area (TPSA) is 23.5 Å². The Balaban J connectivity index is 2.27. The van der Waals surface area contributed by atoms with Gasteiger partial charge in [0.1, 0.15) is 5.82 Å². The van der Waals surface area contributed by atoms with Gasteiger partial charge in [-0.1, -0.05) is 25.8 Å². The zero-order chi connectivity index (χ0) is 13.0. The van der Waals surface area contributed by atoms with Crippen LogP contribution in [0.2, 0.25) is 0 Å². The highest BCUT2D eigenvalue weighted by atomic mass is 19.1. The van der Waals surface area contributed by atoms with Gasteiger partial charge in [0.15, 0.2) is 0 Å². The SMILES string of the molecule is CCC1CCCCCN1c1ccc(CO)cc1F. The molecular formula is C15H22FNO. The number of anilines is 1. The van der Waals surface area contributed by atoms with Gasteiger partial charge < -0.3 is 10.0 Å². The fraction of sp³-hybridized carbons (Fsp3) is 0.600. The molecule has 1 atom stereocenters. The van der Waals surface area contributed by atoms with Gasteiger partial charge in [-0.2, -0.15) is 0 Å². The van der Waals surface area contributed by atoms with Crippen LogP contribution in [0.1, 0.15) is 44.6 Å². The molecule has 1 fully saturated rings. The summed E-state index contributed by atoms with van der Waals surface area (Å²) < 4.78 is 14.1. The molecule has 1 aliphatic rings. The fourth-order valence-electron chi connectivity index (χ4n) is 2.80. The molecule has 1 aromatic carbocycles. The molecule has 18 heavy (non-hydrogen) atoms. The van der Waals surface area contributed by atoms with Gasteiger partial charge >= 0.3 is 0 Å². The minimum Gasteiger partial charge on any atom is -0.392 e. The molecule has 1 saturated heterocycles. The number of aliphatic hydroxyl groups is 1. The van der Waals surface area contributed by atoms with E-state index in [0.29, 0.717) is 17.3 Å². The molecule has 0 aromatic heterocycles. The highest BCUT2D eigenvalue weighted by Crippen LogP contribution is 2.28. The average molecular weight is 251 g/mol. The van der Waals surface area contributed by atoms with Gasteiger partial charge in [0, 0.05) is 12.6 Å². The number of hydrogen-bond donors (Lipinski definition) is 1. The standard InChI is InChI=1S/C15H22FNO/c1-2-13-6-4-3-5-9-17(13)15-8-7-12(11-18)10-14(15)16/h7-8,10,13,18H,2-6,9,11H2,1H3. The van der Waals surface area contributed by atoms with Gasteiger partial charge in [-0.25, -0.2) is 4.39 Å². The number of nitrogens with zero attached hydrogens (tertiary/aromatic N) is 1. The summed E-state index contributed by atoms with van der Waals surface area (Å²) in [4.78, 5) is 2.21. The van der Waals surface area contributed by atoms with Crippen molar-refractivity contribution in [3.63, 3.8) is 0 Å². The summed E-state index contributed by atoms with van der Waals surface area (Å²) in [5.41, 5.74) is 1.33. The minimum absolute atomic E-state index is 0.103. The van der Waals surface area contributed by atoms with E-state index >= 15 is 0 Å². The van der Waals surface area contributed by atoms with E-state index in [9.17, 15) is 4.39 Å². The molecule has 2 nitrogen and oxygen atoms in total. The largest absolute Gasteiger partial charge is 0.392 e. The third-order valence-corrected chi connectivity index (χ3v) is 3.85. The smallest absolute Gasteiger partial charge is 0.146 e. The predicted molar refractivity (Wildman–Crippen MR) is 72.2 cm³/mol. The second kappa shape index (κ2) is 6.19. The number of halogens is 1. The second-order valence-electron chi connectivity index (χ2n) is 5.05. The molecule has 1 heterocycles. The van der Waals surface area contributed by atoms with Gasteiger partial charge in [-0.15, -0.1) is 0 Å². The molecule has 100 valence electrons. The highest BCUT2D eigenvalue weighted by Gasteiger charge is 2.22. The van der Waals surface area contributed by atoms with Crippen LogP contribution in [0.4, 0.5) is 10.1 Å². The van der Waals surface area contributed by atoms with Crippen molar-refractivity contribution in [2.45, 2.75) is 51.7 Å². The number of benzene rings is 1. The van der Waals surface area contributed by atoms with Crippen LogP contribution in [0.25, 0.3) is 0 Å². The highest BCUT2D eigenvalue weighted by molar-refractivity contribution is 5.50. The number of rotatable bonds is 3. The first kappa shape index (κ1) is 13.3. The van der Waals surface area contributed by atoms with Crippen molar-refractivity contribution in [3.05, 3.63) is 29.6 Å². The third-order valence-electron chi connectivity index (χ3n) is 3.85. The second-order valence-corrected chi connectivity index (χ2v) is 5.05. The van der Waals surface area contributed by atoms with E-state index in [-0.39, 0.29) is 12.4 Å². The van der Waals surface area contributed by atoms with Crippen molar-refractivity contribution in [2.75, 3.05) is 11.4 Å². The van der Waals surface area contributed by atoms with Gasteiger partial charge in [0.25, 0.3) is 0 Å². The van der Waals surface area contributed by atoms with Crippen LogP contribution in [-0.4, -0.2) is 17.7 Å². The van der Waals surface area contributed by atoms with Crippen molar-refractivity contribution in [3.8, 4) is 0 Å². The Labute approximate surface area is 108 Å². The summed E-state index contributed by atoms with van der Waals surface area (Å²) in [6, 6.07) is 5.53. The molecular weight excluding hydrogens is 229 g/mol. The lowest BCUT2D eigenvalue weighted by Crippen LogP contribution is -2.35. The van der Waals surface area contributed by atoms with E-state index in [1.165, 1.54) is 18.9 Å². The Morgan fingerprint density at radius 1 is 1.33 bits per heavy atom. The summed E-state index contributed by atoms with van der Waals surface area (Å²) in [5, 5.41) is 9.03. The van der Waals surface area contributed by atoms with Gasteiger partial charge in [0.2, 0.25) is 0 Å². The van der Waals surface area contributed by atoms with Crippen LogP contribution in [0, 0.1) is 5.82 Å². The maximum atomic E-state index is 14.1. The predicted octanol–water partition coefficient (Wildman–Crippen LogP) is 3.48. The zero-order valence-corrected chi connectivity index (χ0v) is 11.0. The summed E-state index contributed by atoms with van der Waals surface area (Å²) in [5.74, 6) is -0.207. The lowest BCUT2D eigenvalue weighted by atomic mass is 10.1. The van der Waals surface area contributed by atoms with Gasteiger partial charge in [-0.3, -0.25) is 0 Å². The van der Waals surface area contributed by atoms with E-state index in [1.807, 2.05) is 12.1 Å². The summed E-state index contributed by atoms with van der Waals surface area (Å²) in [6.45, 7) is 3.01. The lowest BCUT2D eigenvalue weighted by molar-refractivity contribution is 0.281. The average Bonchev–Trinajstić information content (AvgIpc) is 2.63. The monoisotopic (exact) mass is 251 g/mol. The van der Waals surface area contributed by atoms with Crippen molar-refractivity contribution in [2.24, 2.45) is 0 Å². The molecule has 0 saturated carbocycles. The fourth-order valence-corrected chi connectivity index (χ4v) is 2.80. The first-order chi connectivity index (χ1) is 8.76. The molecule has 0 spiro atoms. The molecule has 2 rings (SSSR count). The van der Waals surface area contributed by atoms with E-state index in [4.69, 9.17) is 5.11 Å². The maximum absolute atomic E-state index is 14.1. The quantitative estimate of drug-likeness (QED) is 0.889. The van der Waals surface area contributed by atoms with Crippen LogP contribution < -0.4 is 4.90 Å². The van der Waals surface area contributed by atoms with E-state index in [1.54, 1.807) is 0 Å². The summed E-state index contributed by atoms with van der Waals surface area (Å²) >= 11 is 0. The molecule has 3 heteroatoms. The van der Waals surface area contributed by atoms with Crippen LogP contribution in [0.3, 0.4) is 0 Å². The van der Waals surface area contributed by atoms with Crippen molar-refractivity contribution in [1.29, 1.82) is 0 Å². The van der Waals surface area contributed by atoms with E-state index < -0.39 is 0 Å². The lowest BCUT2D eigenvalue weighted by Gasteiger charge is -2.31. The molecule has 0 aliphatic carbocycles. The Kier molecular flexibility index (Phi) is 4.59. The normalized spacial score (nSPS) is 20.8. The molecule has 1 N–H and O–H groups in total. The van der Waals surface area contributed by atoms with Gasteiger partial charge in [0.05, 0.1) is 12.3 Å². The van der Waals surface area contributed by atoms with Crippen LogP contribution in [0.15, 0.2) is 18.2 Å². The first-order valence-electron chi connectivity index (χ1n) is 6.92. The Bertz CT molecular complexity index is 394. The number of hydrogen-bond acceptors (Lipinski definition) is 2. The Morgan fingerprint density at radius 2 is 2.17 bits per heavy atom. The van der Waals surface area contributed by atoms with Crippen LogP contribution in [0.5, 0.6) is 0 Å². The molecule has 0 radical (unpaired) electrons. The Hall–Kier alpha value is -1.09. The summed E-state index contributed by atoms with van der Waals surface area (Å²) in [7, 11) is 0. The van der Waals surface area contributed by atoms with E-state index in [0.717, 1.165) is 25.8 Å². The van der Waals surface area contributed by atoms with Crippen LogP contribution >= 0.6 is 0 Å². The van der Waals surface area contributed by atoms with Crippen molar-refractivity contribution < 1.29 is 9.50 Å². The van der Waals surface area contributed by atoms with Crippen LogP contribution in [-0.2, 0) is 6.61 Å². The molecule has 1 aromatic rings. The third kappa shape index (κ3) is 2.83.